The first kappa shape index (κ1) is 14.7. The van der Waals surface area contributed by atoms with Gasteiger partial charge >= 0.3 is 0 Å². The third-order valence-electron chi connectivity index (χ3n) is 2.97. The molecule has 0 aromatic carbocycles. The van der Waals surface area contributed by atoms with Gasteiger partial charge in [0.05, 0.1) is 12.6 Å². The van der Waals surface area contributed by atoms with Crippen molar-refractivity contribution >= 4 is 11.6 Å². The summed E-state index contributed by atoms with van der Waals surface area (Å²) in [4.78, 5) is 8.54. The molecule has 0 fully saturated rings. The molecule has 1 rings (SSSR count). The zero-order chi connectivity index (χ0) is 13.5. The standard InChI is InChI=1S/C13H24N4O/c1-5-10-12(14-6-2)15-8-16-13(10)17-11(7-18)9(3)4/h8-9,11,18H,5-7H2,1-4H3,(H2,14,15,16,17)/t11-/m1/s1. The second-order valence-corrected chi connectivity index (χ2v) is 4.61. The molecule has 1 atom stereocenters. The fourth-order valence-corrected chi connectivity index (χ4v) is 1.79. The molecule has 0 aliphatic carbocycles. The normalized spacial score (nSPS) is 12.6. The summed E-state index contributed by atoms with van der Waals surface area (Å²) in [7, 11) is 0. The van der Waals surface area contributed by atoms with Gasteiger partial charge < -0.3 is 15.7 Å². The SMILES string of the molecule is CCNc1ncnc(N[C@H](CO)C(C)C)c1CC. The van der Waals surface area contributed by atoms with Crippen molar-refractivity contribution < 1.29 is 5.11 Å². The van der Waals surface area contributed by atoms with Gasteiger partial charge in [-0.3, -0.25) is 0 Å². The topological polar surface area (TPSA) is 70.1 Å². The Kier molecular flexibility index (Phi) is 5.85. The summed E-state index contributed by atoms with van der Waals surface area (Å²) in [6.45, 7) is 9.20. The Morgan fingerprint density at radius 1 is 1.22 bits per heavy atom. The summed E-state index contributed by atoms with van der Waals surface area (Å²) in [6, 6.07) is 0.0136. The van der Waals surface area contributed by atoms with Crippen molar-refractivity contribution in [3.8, 4) is 0 Å². The molecule has 0 unspecified atom stereocenters. The summed E-state index contributed by atoms with van der Waals surface area (Å²) in [5.74, 6) is 2.03. The predicted octanol–water partition coefficient (Wildman–Crippen LogP) is 1.90. The smallest absolute Gasteiger partial charge is 0.135 e. The average molecular weight is 252 g/mol. The van der Waals surface area contributed by atoms with Gasteiger partial charge in [-0.2, -0.15) is 0 Å². The number of aliphatic hydroxyl groups is 1. The van der Waals surface area contributed by atoms with Crippen molar-refractivity contribution in [2.24, 2.45) is 5.92 Å². The lowest BCUT2D eigenvalue weighted by Crippen LogP contribution is -2.30. The van der Waals surface area contributed by atoms with Gasteiger partial charge in [-0.05, 0) is 19.3 Å². The number of rotatable bonds is 7. The minimum Gasteiger partial charge on any atom is -0.394 e. The van der Waals surface area contributed by atoms with Gasteiger partial charge in [-0.15, -0.1) is 0 Å². The van der Waals surface area contributed by atoms with Gasteiger partial charge in [0.1, 0.15) is 18.0 Å². The van der Waals surface area contributed by atoms with Crippen LogP contribution in [0, 0.1) is 5.92 Å². The molecule has 0 amide bonds. The van der Waals surface area contributed by atoms with E-state index in [-0.39, 0.29) is 12.6 Å². The van der Waals surface area contributed by atoms with E-state index < -0.39 is 0 Å². The van der Waals surface area contributed by atoms with E-state index in [1.807, 2.05) is 6.92 Å². The minimum atomic E-state index is 0.0136. The zero-order valence-corrected chi connectivity index (χ0v) is 11.7. The Bertz CT molecular complexity index is 368. The van der Waals surface area contributed by atoms with Crippen molar-refractivity contribution in [3.05, 3.63) is 11.9 Å². The van der Waals surface area contributed by atoms with Crippen LogP contribution in [0.4, 0.5) is 11.6 Å². The fraction of sp³-hybridized carbons (Fsp3) is 0.692. The number of anilines is 2. The molecule has 0 bridgehead atoms. The number of aromatic nitrogens is 2. The van der Waals surface area contributed by atoms with Crippen LogP contribution in [0.3, 0.4) is 0 Å². The number of hydrogen-bond acceptors (Lipinski definition) is 5. The Morgan fingerprint density at radius 3 is 2.39 bits per heavy atom. The van der Waals surface area contributed by atoms with Crippen LogP contribution in [0.2, 0.25) is 0 Å². The highest BCUT2D eigenvalue weighted by Gasteiger charge is 2.16. The molecule has 18 heavy (non-hydrogen) atoms. The van der Waals surface area contributed by atoms with Gasteiger partial charge in [0.15, 0.2) is 0 Å². The van der Waals surface area contributed by atoms with Crippen LogP contribution in [-0.4, -0.2) is 34.3 Å². The van der Waals surface area contributed by atoms with E-state index in [2.05, 4.69) is 41.4 Å². The lowest BCUT2D eigenvalue weighted by atomic mass is 10.0. The molecule has 1 aromatic heterocycles. The Hall–Kier alpha value is -1.36. The maximum absolute atomic E-state index is 9.37. The lowest BCUT2D eigenvalue weighted by Gasteiger charge is -2.22. The lowest BCUT2D eigenvalue weighted by molar-refractivity contribution is 0.249. The number of nitrogens with one attached hydrogen (secondary N) is 2. The van der Waals surface area contributed by atoms with Crippen LogP contribution in [0.5, 0.6) is 0 Å². The molecule has 1 heterocycles. The first-order valence-electron chi connectivity index (χ1n) is 6.59. The number of aliphatic hydroxyl groups excluding tert-OH is 1. The molecule has 0 aliphatic heterocycles. The van der Waals surface area contributed by atoms with Gasteiger partial charge in [0.25, 0.3) is 0 Å². The second-order valence-electron chi connectivity index (χ2n) is 4.61. The zero-order valence-electron chi connectivity index (χ0n) is 11.7. The van der Waals surface area contributed by atoms with Crippen LogP contribution in [0.15, 0.2) is 6.33 Å². The highest BCUT2D eigenvalue weighted by molar-refractivity contribution is 5.57. The highest BCUT2D eigenvalue weighted by Crippen LogP contribution is 2.22. The summed E-state index contributed by atoms with van der Waals surface area (Å²) >= 11 is 0. The maximum atomic E-state index is 9.37. The molecular weight excluding hydrogens is 228 g/mol. The van der Waals surface area contributed by atoms with Crippen molar-refractivity contribution in [1.82, 2.24) is 9.97 Å². The Labute approximate surface area is 109 Å². The second kappa shape index (κ2) is 7.16. The molecule has 0 aliphatic rings. The van der Waals surface area contributed by atoms with Crippen molar-refractivity contribution in [2.75, 3.05) is 23.8 Å². The average Bonchev–Trinajstić information content (AvgIpc) is 2.36. The van der Waals surface area contributed by atoms with Crippen LogP contribution in [0.1, 0.15) is 33.3 Å². The van der Waals surface area contributed by atoms with E-state index in [1.54, 1.807) is 6.33 Å². The molecule has 0 saturated heterocycles. The van der Waals surface area contributed by atoms with E-state index in [1.165, 1.54) is 0 Å². The van der Waals surface area contributed by atoms with E-state index in [9.17, 15) is 5.11 Å². The fourth-order valence-electron chi connectivity index (χ4n) is 1.79. The molecule has 5 heteroatoms. The quantitative estimate of drug-likeness (QED) is 0.691. The highest BCUT2D eigenvalue weighted by atomic mass is 16.3. The Balaban J connectivity index is 2.97. The summed E-state index contributed by atoms with van der Waals surface area (Å²) < 4.78 is 0. The van der Waals surface area contributed by atoms with Crippen LogP contribution < -0.4 is 10.6 Å². The van der Waals surface area contributed by atoms with Crippen molar-refractivity contribution in [2.45, 2.75) is 40.2 Å². The third-order valence-corrected chi connectivity index (χ3v) is 2.97. The van der Waals surface area contributed by atoms with E-state index in [4.69, 9.17) is 0 Å². The number of hydrogen-bond donors (Lipinski definition) is 3. The molecule has 0 saturated carbocycles. The van der Waals surface area contributed by atoms with E-state index >= 15 is 0 Å². The molecule has 0 spiro atoms. The van der Waals surface area contributed by atoms with Crippen LogP contribution in [-0.2, 0) is 6.42 Å². The summed E-state index contributed by atoms with van der Waals surface area (Å²) in [5.41, 5.74) is 1.07. The van der Waals surface area contributed by atoms with E-state index in [0.717, 1.165) is 30.2 Å². The Morgan fingerprint density at radius 2 is 1.89 bits per heavy atom. The van der Waals surface area contributed by atoms with Gasteiger partial charge in [0, 0.05) is 12.1 Å². The van der Waals surface area contributed by atoms with Gasteiger partial charge in [0.2, 0.25) is 0 Å². The largest absolute Gasteiger partial charge is 0.394 e. The van der Waals surface area contributed by atoms with Crippen LogP contribution in [0.25, 0.3) is 0 Å². The molecule has 102 valence electrons. The van der Waals surface area contributed by atoms with E-state index in [0.29, 0.717) is 5.92 Å². The predicted molar refractivity (Wildman–Crippen MR) is 74.9 cm³/mol. The molecule has 5 nitrogen and oxygen atoms in total. The first-order valence-corrected chi connectivity index (χ1v) is 6.59. The van der Waals surface area contributed by atoms with Crippen LogP contribution >= 0.6 is 0 Å². The molecule has 3 N–H and O–H groups in total. The maximum Gasteiger partial charge on any atom is 0.135 e. The number of nitrogens with zero attached hydrogens (tertiary/aromatic N) is 2. The van der Waals surface area contributed by atoms with Crippen molar-refractivity contribution in [1.29, 1.82) is 0 Å². The summed E-state index contributed by atoms with van der Waals surface area (Å²) in [5, 5.41) is 15.9. The minimum absolute atomic E-state index is 0.0136. The first-order chi connectivity index (χ1) is 8.63. The van der Waals surface area contributed by atoms with Crippen molar-refractivity contribution in [3.63, 3.8) is 0 Å². The third kappa shape index (κ3) is 3.57. The molecule has 0 radical (unpaired) electrons. The molecular formula is C13H24N4O. The van der Waals surface area contributed by atoms with Gasteiger partial charge in [-0.25, -0.2) is 9.97 Å². The van der Waals surface area contributed by atoms with Gasteiger partial charge in [-0.1, -0.05) is 20.8 Å². The summed E-state index contributed by atoms with van der Waals surface area (Å²) in [6.07, 6.45) is 2.40. The monoisotopic (exact) mass is 252 g/mol. The molecule has 1 aromatic rings.